The largest absolute Gasteiger partial charge is 0.417 e. The second-order valence-corrected chi connectivity index (χ2v) is 6.25. The zero-order valence-electron chi connectivity index (χ0n) is 12.7. The predicted octanol–water partition coefficient (Wildman–Crippen LogP) is 1.88. The van der Waals surface area contributed by atoms with E-state index in [0.717, 1.165) is 6.07 Å². The van der Waals surface area contributed by atoms with E-state index in [1.807, 2.05) is 0 Å². The second-order valence-electron chi connectivity index (χ2n) is 6.25. The molecule has 0 aromatic heterocycles. The van der Waals surface area contributed by atoms with Gasteiger partial charge in [-0.15, -0.1) is 0 Å². The number of rotatable bonds is 1. The van der Waals surface area contributed by atoms with Crippen molar-refractivity contribution in [1.29, 1.82) is 0 Å². The molecule has 3 heterocycles. The maximum Gasteiger partial charge on any atom is 0.417 e. The molecule has 0 bridgehead atoms. The van der Waals surface area contributed by atoms with E-state index >= 15 is 0 Å². The zero-order chi connectivity index (χ0) is 17.1. The lowest BCUT2D eigenvalue weighted by Crippen LogP contribution is -2.48. The Labute approximate surface area is 136 Å². The highest BCUT2D eigenvalue weighted by Gasteiger charge is 2.63. The van der Waals surface area contributed by atoms with Crippen LogP contribution >= 0.6 is 0 Å². The summed E-state index contributed by atoms with van der Waals surface area (Å²) < 4.78 is 45.3. The average Bonchev–Trinajstić information content (AvgIpc) is 3.17. The molecule has 8 heteroatoms. The molecule has 24 heavy (non-hydrogen) atoms. The van der Waals surface area contributed by atoms with E-state index in [0.29, 0.717) is 19.6 Å². The lowest BCUT2D eigenvalue weighted by Gasteiger charge is -2.31. The van der Waals surface area contributed by atoms with Crippen molar-refractivity contribution in [1.82, 2.24) is 9.80 Å². The number of hydrogen-bond donors (Lipinski definition) is 0. The molecule has 2 atom stereocenters. The van der Waals surface area contributed by atoms with Gasteiger partial charge >= 0.3 is 6.18 Å². The molecule has 0 aliphatic carbocycles. The molecule has 0 saturated carbocycles. The van der Waals surface area contributed by atoms with Crippen LogP contribution in [0.15, 0.2) is 24.3 Å². The first kappa shape index (κ1) is 15.4. The molecule has 128 valence electrons. The normalized spacial score (nSPS) is 29.1. The summed E-state index contributed by atoms with van der Waals surface area (Å²) in [5.41, 5.74) is -2.18. The van der Waals surface area contributed by atoms with Crippen LogP contribution in [0.4, 0.5) is 13.2 Å². The van der Waals surface area contributed by atoms with Crippen LogP contribution in [0.5, 0.6) is 0 Å². The zero-order valence-corrected chi connectivity index (χ0v) is 12.7. The van der Waals surface area contributed by atoms with Crippen LogP contribution in [0.25, 0.3) is 0 Å². The molecule has 2 amide bonds. The fourth-order valence-corrected chi connectivity index (χ4v) is 4.11. The molecule has 1 aromatic carbocycles. The standard InChI is InChI=1S/C16H15F3N2O3/c17-16(18,19)11-4-2-1-3-10(11)14(23)20-6-5-15-12(20)9-13(22)21(15)7-8-24-15/h1-4,12H,5-9H2/t12-,15+/m1/s1. The van der Waals surface area contributed by atoms with Crippen LogP contribution < -0.4 is 0 Å². The van der Waals surface area contributed by atoms with Gasteiger partial charge < -0.3 is 14.5 Å². The highest BCUT2D eigenvalue weighted by molar-refractivity contribution is 5.97. The van der Waals surface area contributed by atoms with Gasteiger partial charge in [0, 0.05) is 19.5 Å². The number of hydrogen-bond acceptors (Lipinski definition) is 3. The van der Waals surface area contributed by atoms with Gasteiger partial charge in [0.15, 0.2) is 5.72 Å². The van der Waals surface area contributed by atoms with Gasteiger partial charge in [-0.2, -0.15) is 13.2 Å². The van der Waals surface area contributed by atoms with E-state index in [9.17, 15) is 22.8 Å². The molecule has 3 fully saturated rings. The SMILES string of the molecule is O=C(c1ccccc1C(F)(F)F)N1CC[C@@]23OCCN2C(=O)C[C@@H]13. The summed E-state index contributed by atoms with van der Waals surface area (Å²) >= 11 is 0. The minimum atomic E-state index is -4.61. The van der Waals surface area contributed by atoms with E-state index in [1.165, 1.54) is 23.1 Å². The molecule has 0 N–H and O–H groups in total. The summed E-state index contributed by atoms with van der Waals surface area (Å²) in [5.74, 6) is -0.811. The molecule has 0 radical (unpaired) electrons. The molecule has 1 spiro atoms. The Morgan fingerprint density at radius 2 is 2.00 bits per heavy atom. The first-order valence-corrected chi connectivity index (χ1v) is 7.76. The van der Waals surface area contributed by atoms with Crippen LogP contribution in [0, 0.1) is 0 Å². The molecule has 4 rings (SSSR count). The van der Waals surface area contributed by atoms with E-state index in [4.69, 9.17) is 4.74 Å². The Morgan fingerprint density at radius 1 is 1.25 bits per heavy atom. The summed E-state index contributed by atoms with van der Waals surface area (Å²) in [4.78, 5) is 27.9. The summed E-state index contributed by atoms with van der Waals surface area (Å²) in [6, 6.07) is 4.22. The van der Waals surface area contributed by atoms with Crippen LogP contribution in [0.3, 0.4) is 0 Å². The predicted molar refractivity (Wildman–Crippen MR) is 75.9 cm³/mol. The number of alkyl halides is 3. The molecule has 1 aromatic rings. The average molecular weight is 340 g/mol. The topological polar surface area (TPSA) is 49.9 Å². The van der Waals surface area contributed by atoms with Gasteiger partial charge in [0.2, 0.25) is 5.91 Å². The number of halogens is 3. The summed E-state index contributed by atoms with van der Waals surface area (Å²) in [6.45, 7) is 1.14. The minimum absolute atomic E-state index is 0.0971. The first-order valence-electron chi connectivity index (χ1n) is 7.76. The smallest absolute Gasteiger partial charge is 0.351 e. The molecule has 3 aliphatic rings. The van der Waals surface area contributed by atoms with Crippen LogP contribution in [0.2, 0.25) is 0 Å². The van der Waals surface area contributed by atoms with E-state index in [-0.39, 0.29) is 24.4 Å². The van der Waals surface area contributed by atoms with Crippen LogP contribution in [-0.4, -0.2) is 53.1 Å². The Balaban J connectivity index is 1.69. The van der Waals surface area contributed by atoms with Gasteiger partial charge in [-0.05, 0) is 12.1 Å². The third kappa shape index (κ3) is 1.98. The van der Waals surface area contributed by atoms with Crippen molar-refractivity contribution < 1.29 is 27.5 Å². The first-order chi connectivity index (χ1) is 11.3. The number of nitrogens with zero attached hydrogens (tertiary/aromatic N) is 2. The maximum atomic E-state index is 13.2. The maximum absolute atomic E-state index is 13.2. The fourth-order valence-electron chi connectivity index (χ4n) is 4.11. The van der Waals surface area contributed by atoms with Crippen LogP contribution in [0.1, 0.15) is 28.8 Å². The molecule has 3 saturated heterocycles. The molecular formula is C16H15F3N2O3. The fraction of sp³-hybridized carbons (Fsp3) is 0.500. The highest BCUT2D eigenvalue weighted by Crippen LogP contribution is 2.46. The number of carbonyl (C=O) groups is 2. The molecule has 0 unspecified atom stereocenters. The third-order valence-corrected chi connectivity index (χ3v) is 5.12. The quantitative estimate of drug-likeness (QED) is 0.784. The lowest BCUT2D eigenvalue weighted by atomic mass is 10.0. The van der Waals surface area contributed by atoms with Crippen LogP contribution in [-0.2, 0) is 15.7 Å². The minimum Gasteiger partial charge on any atom is -0.351 e. The molecule has 5 nitrogen and oxygen atoms in total. The van der Waals surface area contributed by atoms with Gasteiger partial charge in [0.05, 0.1) is 30.2 Å². The van der Waals surface area contributed by atoms with Gasteiger partial charge in [-0.1, -0.05) is 12.1 Å². The Kier molecular flexibility index (Phi) is 3.19. The summed E-state index contributed by atoms with van der Waals surface area (Å²) in [6.07, 6.45) is -4.08. The van der Waals surface area contributed by atoms with Gasteiger partial charge in [-0.3, -0.25) is 9.59 Å². The summed E-state index contributed by atoms with van der Waals surface area (Å²) in [5, 5.41) is 0. The third-order valence-electron chi connectivity index (χ3n) is 5.12. The second kappa shape index (κ2) is 4.95. The van der Waals surface area contributed by atoms with Gasteiger partial charge in [0.25, 0.3) is 5.91 Å². The molecule has 3 aliphatic heterocycles. The number of ether oxygens (including phenoxy) is 1. The van der Waals surface area contributed by atoms with Crippen molar-refractivity contribution in [2.75, 3.05) is 19.7 Å². The summed E-state index contributed by atoms with van der Waals surface area (Å²) in [7, 11) is 0. The van der Waals surface area contributed by atoms with Crippen molar-refractivity contribution in [2.24, 2.45) is 0 Å². The van der Waals surface area contributed by atoms with Crippen molar-refractivity contribution in [3.8, 4) is 0 Å². The monoisotopic (exact) mass is 340 g/mol. The highest BCUT2D eigenvalue weighted by atomic mass is 19.4. The Morgan fingerprint density at radius 3 is 2.75 bits per heavy atom. The van der Waals surface area contributed by atoms with E-state index in [1.54, 1.807) is 4.90 Å². The number of amides is 2. The van der Waals surface area contributed by atoms with Crippen molar-refractivity contribution in [3.63, 3.8) is 0 Å². The van der Waals surface area contributed by atoms with Gasteiger partial charge in [0.1, 0.15) is 0 Å². The lowest BCUT2D eigenvalue weighted by molar-refractivity contribution is -0.138. The van der Waals surface area contributed by atoms with Gasteiger partial charge in [-0.25, -0.2) is 0 Å². The molecular weight excluding hydrogens is 325 g/mol. The van der Waals surface area contributed by atoms with E-state index in [2.05, 4.69) is 0 Å². The van der Waals surface area contributed by atoms with Crippen molar-refractivity contribution >= 4 is 11.8 Å². The number of likely N-dealkylation sites (tertiary alicyclic amines) is 1. The number of carbonyl (C=O) groups excluding carboxylic acids is 2. The Bertz CT molecular complexity index is 721. The van der Waals surface area contributed by atoms with Crippen molar-refractivity contribution in [2.45, 2.75) is 30.8 Å². The van der Waals surface area contributed by atoms with Crippen molar-refractivity contribution in [3.05, 3.63) is 35.4 Å². The number of benzene rings is 1. The Hall–Kier alpha value is -2.09. The van der Waals surface area contributed by atoms with E-state index < -0.39 is 29.4 Å².